The number of nitrogens with one attached hydrogen (secondary N) is 1. The molecule has 0 amide bonds. The van der Waals surface area contributed by atoms with Crippen molar-refractivity contribution in [2.24, 2.45) is 5.10 Å². The Balaban J connectivity index is 1.80. The van der Waals surface area contributed by atoms with Gasteiger partial charge in [0.1, 0.15) is 12.4 Å². The largest absolute Gasteiger partial charge is 0.490 e. The molecule has 27 heavy (non-hydrogen) atoms. The fourth-order valence-electron chi connectivity index (χ4n) is 2.39. The molecule has 140 valence electrons. The second-order valence-electron chi connectivity index (χ2n) is 5.65. The van der Waals surface area contributed by atoms with Crippen LogP contribution >= 0.6 is 23.8 Å². The Morgan fingerprint density at radius 2 is 2.04 bits per heavy atom. The highest BCUT2D eigenvalue weighted by Gasteiger charge is 2.08. The lowest BCUT2D eigenvalue weighted by Crippen LogP contribution is -2.01. The Labute approximate surface area is 167 Å². The average Bonchev–Trinajstić information content (AvgIpc) is 2.98. The summed E-state index contributed by atoms with van der Waals surface area (Å²) < 4.78 is 13.6. The van der Waals surface area contributed by atoms with Gasteiger partial charge in [-0.05, 0) is 55.9 Å². The summed E-state index contributed by atoms with van der Waals surface area (Å²) in [5.74, 6) is 1.96. The molecule has 0 aliphatic heterocycles. The van der Waals surface area contributed by atoms with Crippen molar-refractivity contribution in [3.8, 4) is 11.5 Å². The first-order valence-electron chi connectivity index (χ1n) is 8.40. The summed E-state index contributed by atoms with van der Waals surface area (Å²) in [6, 6.07) is 13.2. The molecule has 2 aromatic carbocycles. The average molecular weight is 403 g/mol. The number of H-pyrrole nitrogens is 1. The van der Waals surface area contributed by atoms with Crippen molar-refractivity contribution < 1.29 is 9.47 Å². The molecule has 8 heteroatoms. The van der Waals surface area contributed by atoms with E-state index in [-0.39, 0.29) is 0 Å². The third-order valence-electron chi connectivity index (χ3n) is 3.74. The Hall–Kier alpha value is -2.64. The summed E-state index contributed by atoms with van der Waals surface area (Å²) in [5, 5.41) is 11.7. The lowest BCUT2D eigenvalue weighted by Gasteiger charge is -2.13. The fourth-order valence-corrected chi connectivity index (χ4v) is 2.81. The van der Waals surface area contributed by atoms with Gasteiger partial charge in [0.05, 0.1) is 12.8 Å². The second-order valence-corrected chi connectivity index (χ2v) is 6.45. The summed E-state index contributed by atoms with van der Waals surface area (Å²) in [6.07, 6.45) is 1.69. The normalized spacial score (nSPS) is 11.1. The van der Waals surface area contributed by atoms with Crippen molar-refractivity contribution >= 4 is 30.0 Å². The Kier molecular flexibility index (Phi) is 6.26. The molecule has 1 heterocycles. The molecule has 0 unspecified atom stereocenters. The highest BCUT2D eigenvalue weighted by Crippen LogP contribution is 2.29. The molecule has 3 rings (SSSR count). The van der Waals surface area contributed by atoms with E-state index in [0.29, 0.717) is 40.3 Å². The maximum absolute atomic E-state index is 6.19. The minimum absolute atomic E-state index is 0.358. The molecule has 0 saturated heterocycles. The number of benzene rings is 2. The number of halogens is 1. The number of aromatic amines is 1. The van der Waals surface area contributed by atoms with Crippen LogP contribution in [0.1, 0.15) is 23.9 Å². The summed E-state index contributed by atoms with van der Waals surface area (Å²) in [4.78, 5) is 0. The Morgan fingerprint density at radius 3 is 2.74 bits per heavy atom. The molecular weight excluding hydrogens is 384 g/mol. The van der Waals surface area contributed by atoms with Gasteiger partial charge in [-0.2, -0.15) is 14.9 Å². The molecule has 3 aromatic rings. The lowest BCUT2D eigenvalue weighted by molar-refractivity contribution is 0.269. The minimum Gasteiger partial charge on any atom is -0.490 e. The van der Waals surface area contributed by atoms with Crippen LogP contribution in [0.2, 0.25) is 5.02 Å². The number of aryl methyl sites for hydroxylation is 1. The number of aromatic nitrogens is 3. The Morgan fingerprint density at radius 1 is 1.22 bits per heavy atom. The summed E-state index contributed by atoms with van der Waals surface area (Å²) in [5.41, 5.74) is 1.77. The molecule has 0 atom stereocenters. The predicted molar refractivity (Wildman–Crippen MR) is 109 cm³/mol. The summed E-state index contributed by atoms with van der Waals surface area (Å²) in [7, 11) is 0. The van der Waals surface area contributed by atoms with E-state index in [1.807, 2.05) is 56.3 Å². The maximum atomic E-state index is 6.19. The van der Waals surface area contributed by atoms with E-state index in [0.717, 1.165) is 11.1 Å². The van der Waals surface area contributed by atoms with Gasteiger partial charge in [-0.1, -0.05) is 29.8 Å². The number of hydrogen-bond acceptors (Lipinski definition) is 5. The van der Waals surface area contributed by atoms with Crippen molar-refractivity contribution in [1.82, 2.24) is 14.9 Å². The SMILES string of the molecule is CCOc1cc(/C=N/n2c(C)n[nH]c2=S)ccc1OCc1ccccc1Cl. The highest BCUT2D eigenvalue weighted by atomic mass is 35.5. The number of rotatable bonds is 7. The topological polar surface area (TPSA) is 64.4 Å². The first-order chi connectivity index (χ1) is 13.1. The van der Waals surface area contributed by atoms with Crippen molar-refractivity contribution in [2.75, 3.05) is 6.61 Å². The van der Waals surface area contributed by atoms with Crippen molar-refractivity contribution in [2.45, 2.75) is 20.5 Å². The number of hydrogen-bond donors (Lipinski definition) is 1. The quantitative estimate of drug-likeness (QED) is 0.457. The monoisotopic (exact) mass is 402 g/mol. The van der Waals surface area contributed by atoms with E-state index in [1.165, 1.54) is 0 Å². The number of ether oxygens (including phenoxy) is 2. The van der Waals surface area contributed by atoms with Gasteiger partial charge < -0.3 is 9.47 Å². The van der Waals surface area contributed by atoms with Gasteiger partial charge in [-0.15, -0.1) is 0 Å². The van der Waals surface area contributed by atoms with Crippen LogP contribution < -0.4 is 9.47 Å². The van der Waals surface area contributed by atoms with Gasteiger partial charge in [0.25, 0.3) is 0 Å². The van der Waals surface area contributed by atoms with E-state index in [9.17, 15) is 0 Å². The van der Waals surface area contributed by atoms with Crippen LogP contribution in [0.4, 0.5) is 0 Å². The third kappa shape index (κ3) is 4.75. The summed E-state index contributed by atoms with van der Waals surface area (Å²) in [6.45, 7) is 4.62. The molecule has 1 aromatic heterocycles. The van der Waals surface area contributed by atoms with Gasteiger partial charge in [0.15, 0.2) is 11.5 Å². The van der Waals surface area contributed by atoms with Crippen LogP contribution in [0.5, 0.6) is 11.5 Å². The van der Waals surface area contributed by atoms with Crippen molar-refractivity contribution in [3.05, 3.63) is 69.2 Å². The van der Waals surface area contributed by atoms with Gasteiger partial charge in [0.2, 0.25) is 4.77 Å². The molecule has 0 bridgehead atoms. The molecule has 0 spiro atoms. The number of nitrogens with zero attached hydrogens (tertiary/aromatic N) is 3. The molecule has 0 radical (unpaired) electrons. The minimum atomic E-state index is 0.358. The summed E-state index contributed by atoms with van der Waals surface area (Å²) >= 11 is 11.3. The van der Waals surface area contributed by atoms with Crippen LogP contribution in [-0.2, 0) is 6.61 Å². The van der Waals surface area contributed by atoms with Gasteiger partial charge in [-0.3, -0.25) is 5.10 Å². The van der Waals surface area contributed by atoms with E-state index in [4.69, 9.17) is 33.3 Å². The van der Waals surface area contributed by atoms with E-state index >= 15 is 0 Å². The Bertz CT molecular complexity index is 1010. The lowest BCUT2D eigenvalue weighted by atomic mass is 10.2. The molecule has 6 nitrogen and oxygen atoms in total. The van der Waals surface area contributed by atoms with Crippen LogP contribution in [0, 0.1) is 11.7 Å². The van der Waals surface area contributed by atoms with Crippen LogP contribution in [0.25, 0.3) is 0 Å². The molecular formula is C19H19ClN4O2S. The third-order valence-corrected chi connectivity index (χ3v) is 4.38. The fraction of sp³-hybridized carbons (Fsp3) is 0.211. The first-order valence-corrected chi connectivity index (χ1v) is 9.18. The molecule has 0 saturated carbocycles. The maximum Gasteiger partial charge on any atom is 0.216 e. The smallest absolute Gasteiger partial charge is 0.216 e. The predicted octanol–water partition coefficient (Wildman–Crippen LogP) is 4.76. The van der Waals surface area contributed by atoms with Gasteiger partial charge in [0, 0.05) is 10.6 Å². The van der Waals surface area contributed by atoms with Crippen LogP contribution in [0.3, 0.4) is 0 Å². The van der Waals surface area contributed by atoms with E-state index in [2.05, 4.69) is 15.3 Å². The molecule has 0 fully saturated rings. The highest BCUT2D eigenvalue weighted by molar-refractivity contribution is 7.71. The first kappa shape index (κ1) is 19.1. The molecule has 0 aliphatic carbocycles. The van der Waals surface area contributed by atoms with E-state index < -0.39 is 0 Å². The zero-order valence-corrected chi connectivity index (χ0v) is 16.5. The van der Waals surface area contributed by atoms with Gasteiger partial charge >= 0.3 is 0 Å². The van der Waals surface area contributed by atoms with Crippen LogP contribution in [-0.4, -0.2) is 27.7 Å². The standard InChI is InChI=1S/C19H19ClN4O2S/c1-3-25-18-10-14(11-21-24-13(2)22-23-19(24)27)8-9-17(18)26-12-15-6-4-5-7-16(15)20/h4-11H,3,12H2,1-2H3,(H,23,27)/b21-11+. The van der Waals surface area contributed by atoms with Crippen molar-refractivity contribution in [3.63, 3.8) is 0 Å². The second kappa shape index (κ2) is 8.83. The zero-order valence-electron chi connectivity index (χ0n) is 15.0. The van der Waals surface area contributed by atoms with Crippen molar-refractivity contribution in [1.29, 1.82) is 0 Å². The molecule has 0 aliphatic rings. The zero-order chi connectivity index (χ0) is 19.2. The van der Waals surface area contributed by atoms with Gasteiger partial charge in [-0.25, -0.2) is 0 Å². The molecule has 1 N–H and O–H groups in total. The van der Waals surface area contributed by atoms with Crippen LogP contribution in [0.15, 0.2) is 47.6 Å². The van der Waals surface area contributed by atoms with E-state index in [1.54, 1.807) is 10.9 Å².